The average Bonchev–Trinajstić information content (AvgIpc) is 3.52. The molecule has 0 spiro atoms. The first-order valence-corrected chi connectivity index (χ1v) is 24.4. The predicted octanol–water partition coefficient (Wildman–Crippen LogP) is 8.53. The van der Waals surface area contributed by atoms with Crippen molar-refractivity contribution in [1.29, 1.82) is 0 Å². The van der Waals surface area contributed by atoms with Crippen molar-refractivity contribution < 1.29 is 53.4 Å². The molecule has 4 N–H and O–H groups in total. The number of hydrogen-bond acceptors (Lipinski definition) is 8. The van der Waals surface area contributed by atoms with E-state index in [-0.39, 0.29) is 28.4 Å². The maximum absolute atomic E-state index is 11.9. The molecule has 0 unspecified atom stereocenters. The number of allylic oxidation sites excluding steroid dienone is 8. The summed E-state index contributed by atoms with van der Waals surface area (Å²) in [6, 6.07) is 16.6. The Balaban J connectivity index is 1.29. The van der Waals surface area contributed by atoms with Crippen LogP contribution in [-0.2, 0) is 46.0 Å². The number of carbonyl (C=O) groups is 1. The summed E-state index contributed by atoms with van der Waals surface area (Å²) in [5.41, 5.74) is 4.69. The Morgan fingerprint density at radius 2 is 1.26 bits per heavy atom. The maximum atomic E-state index is 11.9. The van der Waals surface area contributed by atoms with E-state index >= 15 is 0 Å². The van der Waals surface area contributed by atoms with Crippen LogP contribution in [0, 0.1) is 0 Å². The third kappa shape index (κ3) is 9.90. The van der Waals surface area contributed by atoms with Crippen molar-refractivity contribution in [2.24, 2.45) is 0 Å². The van der Waals surface area contributed by atoms with Gasteiger partial charge in [0, 0.05) is 53.9 Å². The Bertz CT molecular complexity index is 2910. The number of aliphatic carboxylic acids is 1. The predicted molar refractivity (Wildman–Crippen MR) is 238 cm³/mol. The zero-order chi connectivity index (χ0) is 44.5. The van der Waals surface area contributed by atoms with Crippen LogP contribution in [0.1, 0.15) is 77.3 Å². The molecule has 61 heavy (non-hydrogen) atoms. The summed E-state index contributed by atoms with van der Waals surface area (Å²) in [5.74, 6) is -1.18. The minimum absolute atomic E-state index is 0.102. The first kappa shape index (κ1) is 45.6. The maximum Gasteiger partial charge on any atom is 0.303 e. The molecule has 2 aliphatic heterocycles. The van der Waals surface area contributed by atoms with Crippen molar-refractivity contribution in [2.75, 3.05) is 23.7 Å². The quantitative estimate of drug-likeness (QED) is 0.0341. The lowest BCUT2D eigenvalue weighted by Crippen LogP contribution is -2.28. The molecule has 0 saturated carbocycles. The van der Waals surface area contributed by atoms with Crippen LogP contribution >= 0.6 is 0 Å². The highest BCUT2D eigenvalue weighted by Gasteiger charge is 2.45. The van der Waals surface area contributed by atoms with Crippen molar-refractivity contribution in [2.45, 2.75) is 86.8 Å². The van der Waals surface area contributed by atoms with Crippen LogP contribution in [0.5, 0.6) is 0 Å². The van der Waals surface area contributed by atoms with Crippen LogP contribution in [0.3, 0.4) is 0 Å². The Kier molecular flexibility index (Phi) is 13.0. The molecular weight excluding hydrogens is 841 g/mol. The number of nitrogens with zero attached hydrogens (tertiary/aromatic N) is 2. The van der Waals surface area contributed by atoms with Crippen molar-refractivity contribution >= 4 is 75.0 Å². The molecule has 0 atom stereocenters. The number of benzene rings is 4. The number of carboxylic acids is 1. The lowest BCUT2D eigenvalue weighted by Gasteiger charge is -2.27. The van der Waals surface area contributed by atoms with Gasteiger partial charge in [0.15, 0.2) is 5.71 Å². The summed E-state index contributed by atoms with van der Waals surface area (Å²) < 4.78 is 101. The van der Waals surface area contributed by atoms with Crippen molar-refractivity contribution in [3.05, 3.63) is 120 Å². The van der Waals surface area contributed by atoms with Gasteiger partial charge >= 0.3 is 5.97 Å². The fourth-order valence-electron chi connectivity index (χ4n) is 8.71. The summed E-state index contributed by atoms with van der Waals surface area (Å²) in [5, 5.41) is 12.1. The Morgan fingerprint density at radius 1 is 0.672 bits per heavy atom. The zero-order valence-electron chi connectivity index (χ0n) is 34.4. The standard InChI is InChI=1S/C45H50N2O11S3/c1-44(2)39(46(26-12-8-11-17-41(48)49)37-24-18-31-29-33(60(53,54)55)20-22-35(31)42(37)44)15-9-6-5-7-10-16-40-45(3,4)43-36-23-21-34(61(56,57)58)30-32(36)19-25-38(43)47(40)27-13-14-28-59(50,51)52/h5-7,9-10,15-16,18-25,29-30H,8,11-14,17,26-28H2,1-4H3,(H3-,48,49,50,51,52,53,54,55,56,57,58)/p+1. The lowest BCUT2D eigenvalue weighted by atomic mass is 9.79. The van der Waals surface area contributed by atoms with Gasteiger partial charge in [-0.25, -0.2) is 0 Å². The molecule has 0 aliphatic carbocycles. The number of rotatable bonds is 17. The van der Waals surface area contributed by atoms with Gasteiger partial charge in [0.1, 0.15) is 6.54 Å². The average molecular weight is 892 g/mol. The van der Waals surface area contributed by atoms with E-state index in [4.69, 9.17) is 5.11 Å². The molecule has 2 aliphatic rings. The van der Waals surface area contributed by atoms with E-state index < -0.39 is 47.2 Å². The third-order valence-corrected chi connectivity index (χ3v) is 14.0. The van der Waals surface area contributed by atoms with Crippen molar-refractivity contribution in [1.82, 2.24) is 0 Å². The van der Waals surface area contributed by atoms with Gasteiger partial charge in [0.05, 0.1) is 21.0 Å². The van der Waals surface area contributed by atoms with Crippen LogP contribution in [-0.4, -0.2) is 79.1 Å². The molecule has 13 nitrogen and oxygen atoms in total. The van der Waals surface area contributed by atoms with E-state index in [0.717, 1.165) is 57.5 Å². The molecule has 0 fully saturated rings. The van der Waals surface area contributed by atoms with E-state index in [1.807, 2.05) is 60.7 Å². The van der Waals surface area contributed by atoms with Gasteiger partial charge in [-0.05, 0) is 109 Å². The molecule has 324 valence electrons. The van der Waals surface area contributed by atoms with Gasteiger partial charge in [-0.2, -0.15) is 29.8 Å². The van der Waals surface area contributed by atoms with Crippen LogP contribution in [0.2, 0.25) is 0 Å². The number of fused-ring (bicyclic) bond motifs is 6. The lowest BCUT2D eigenvalue weighted by molar-refractivity contribution is -0.438. The fourth-order valence-corrected chi connectivity index (χ4v) is 10.3. The topological polar surface area (TPSA) is 207 Å². The van der Waals surface area contributed by atoms with Gasteiger partial charge in [-0.3, -0.25) is 18.5 Å². The number of carboxylic acid groups (broad SMARTS) is 1. The minimum atomic E-state index is -4.41. The number of hydrogen-bond donors (Lipinski definition) is 4. The normalized spacial score (nSPS) is 17.2. The van der Waals surface area contributed by atoms with E-state index in [2.05, 4.69) is 37.2 Å². The van der Waals surface area contributed by atoms with E-state index in [1.165, 1.54) is 24.3 Å². The highest BCUT2D eigenvalue weighted by molar-refractivity contribution is 7.86. The summed E-state index contributed by atoms with van der Waals surface area (Å²) in [6.45, 7) is 9.44. The smallest absolute Gasteiger partial charge is 0.303 e. The summed E-state index contributed by atoms with van der Waals surface area (Å²) in [7, 11) is -12.9. The Labute approximate surface area is 357 Å². The van der Waals surface area contributed by atoms with Gasteiger partial charge in [-0.1, -0.05) is 62.4 Å². The van der Waals surface area contributed by atoms with E-state index in [9.17, 15) is 43.7 Å². The summed E-state index contributed by atoms with van der Waals surface area (Å²) in [4.78, 5) is 12.8. The van der Waals surface area contributed by atoms with Gasteiger partial charge < -0.3 is 10.0 Å². The Hall–Kier alpha value is -4.97. The number of anilines is 1. The first-order chi connectivity index (χ1) is 28.5. The van der Waals surface area contributed by atoms with Crippen molar-refractivity contribution in [3.8, 4) is 0 Å². The largest absolute Gasteiger partial charge is 0.481 e. The summed E-state index contributed by atoms with van der Waals surface area (Å²) >= 11 is 0. The SMILES string of the molecule is CC1(C)C(/C=C/C=C/C=C/C=C2/N(CCCCS(=O)(=O)O)c3ccc4cc(S(=O)(=O)O)ccc4c3C2(C)C)=[N+](CCCCCC(=O)O)c2ccc3cc(S(=O)(=O)O)ccc3c21. The van der Waals surface area contributed by atoms with Crippen LogP contribution in [0.25, 0.3) is 21.5 Å². The monoisotopic (exact) mass is 891 g/mol. The molecule has 0 saturated heterocycles. The zero-order valence-corrected chi connectivity index (χ0v) is 36.9. The van der Waals surface area contributed by atoms with Gasteiger partial charge in [-0.15, -0.1) is 0 Å². The Morgan fingerprint density at radius 3 is 1.87 bits per heavy atom. The molecule has 0 bridgehead atoms. The van der Waals surface area contributed by atoms with E-state index in [0.29, 0.717) is 36.7 Å². The third-order valence-electron chi connectivity index (χ3n) is 11.5. The number of unbranched alkanes of at least 4 members (excludes halogenated alkanes) is 3. The van der Waals surface area contributed by atoms with Crippen molar-refractivity contribution in [3.63, 3.8) is 0 Å². The molecular formula is C45H51N2O11S3+. The molecule has 2 heterocycles. The van der Waals surface area contributed by atoms with E-state index in [1.54, 1.807) is 18.2 Å². The fraction of sp³-hybridized carbons (Fsp3) is 0.333. The molecule has 16 heteroatoms. The van der Waals surface area contributed by atoms with Crippen LogP contribution < -0.4 is 4.90 Å². The highest BCUT2D eigenvalue weighted by atomic mass is 32.2. The molecule has 0 amide bonds. The summed E-state index contributed by atoms with van der Waals surface area (Å²) in [6.07, 6.45) is 16.5. The van der Waals surface area contributed by atoms with Crippen LogP contribution in [0.15, 0.2) is 119 Å². The second-order valence-corrected chi connectivity index (χ2v) is 20.9. The minimum Gasteiger partial charge on any atom is -0.481 e. The second-order valence-electron chi connectivity index (χ2n) is 16.5. The van der Waals surface area contributed by atoms with Gasteiger partial charge in [0.2, 0.25) is 5.69 Å². The molecule has 4 aromatic rings. The highest BCUT2D eigenvalue weighted by Crippen LogP contribution is 2.51. The molecule has 4 aromatic carbocycles. The molecule has 0 radical (unpaired) electrons. The van der Waals surface area contributed by atoms with Gasteiger partial charge in [0.25, 0.3) is 30.4 Å². The van der Waals surface area contributed by atoms with Crippen LogP contribution in [0.4, 0.5) is 11.4 Å². The molecule has 6 rings (SSSR count). The first-order valence-electron chi connectivity index (χ1n) is 19.9. The second kappa shape index (κ2) is 17.4. The molecule has 0 aromatic heterocycles.